The van der Waals surface area contributed by atoms with Crippen LogP contribution < -0.4 is 26.6 Å². The van der Waals surface area contributed by atoms with Crippen molar-refractivity contribution in [3.8, 4) is 11.5 Å². The summed E-state index contributed by atoms with van der Waals surface area (Å²) < 4.78 is 5.80. The van der Waals surface area contributed by atoms with Crippen molar-refractivity contribution in [1.82, 2.24) is 16.2 Å². The van der Waals surface area contributed by atoms with Crippen molar-refractivity contribution >= 4 is 29.2 Å². The third kappa shape index (κ3) is 6.08. The Bertz CT molecular complexity index is 1010. The van der Waals surface area contributed by atoms with E-state index in [9.17, 15) is 14.4 Å². The van der Waals surface area contributed by atoms with E-state index < -0.39 is 23.9 Å². The van der Waals surface area contributed by atoms with Gasteiger partial charge in [0.05, 0.1) is 17.3 Å². The zero-order valence-electron chi connectivity index (χ0n) is 15.8. The summed E-state index contributed by atoms with van der Waals surface area (Å²) in [4.78, 5) is 36.2. The number of amides is 4. The third-order valence-corrected chi connectivity index (χ3v) is 4.87. The van der Waals surface area contributed by atoms with Crippen LogP contribution in [0.4, 0.5) is 4.79 Å². The predicted octanol–water partition coefficient (Wildman–Crippen LogP) is 3.10. The standard InChI is InChI=1S/C21H20N4O4S/c22-21(28)23-17(13-19(26)24-25-20(27)18-10-5-11-30-18)14-6-4-9-16(12-14)29-15-7-2-1-3-8-15/h1-12,17H,13H2,(H,24,26)(H,25,27)(H3,22,23,28)/t17-/m0/s1. The lowest BCUT2D eigenvalue weighted by Crippen LogP contribution is -2.43. The molecule has 0 saturated heterocycles. The van der Waals surface area contributed by atoms with Crippen molar-refractivity contribution in [3.63, 3.8) is 0 Å². The number of ether oxygens (including phenoxy) is 1. The van der Waals surface area contributed by atoms with Gasteiger partial charge in [-0.2, -0.15) is 0 Å². The first-order valence-corrected chi connectivity index (χ1v) is 9.91. The highest BCUT2D eigenvalue weighted by Gasteiger charge is 2.19. The summed E-state index contributed by atoms with van der Waals surface area (Å²) in [7, 11) is 0. The van der Waals surface area contributed by atoms with Gasteiger partial charge in [0.15, 0.2) is 0 Å². The van der Waals surface area contributed by atoms with Gasteiger partial charge in [-0.1, -0.05) is 36.4 Å². The van der Waals surface area contributed by atoms with Crippen molar-refractivity contribution in [3.05, 3.63) is 82.6 Å². The summed E-state index contributed by atoms with van der Waals surface area (Å²) in [6, 6.07) is 18.1. The van der Waals surface area contributed by atoms with Crippen LogP contribution in [0.5, 0.6) is 11.5 Å². The molecule has 0 aliphatic rings. The van der Waals surface area contributed by atoms with Crippen LogP contribution in [-0.2, 0) is 4.79 Å². The maximum atomic E-state index is 12.3. The Labute approximate surface area is 177 Å². The molecule has 0 aliphatic carbocycles. The number of hydrogen-bond acceptors (Lipinski definition) is 5. The minimum Gasteiger partial charge on any atom is -0.457 e. The molecule has 2 aromatic carbocycles. The van der Waals surface area contributed by atoms with Crippen LogP contribution >= 0.6 is 11.3 Å². The maximum absolute atomic E-state index is 12.3. The van der Waals surface area contributed by atoms with E-state index in [0.29, 0.717) is 21.9 Å². The number of carbonyl (C=O) groups is 3. The molecule has 8 nitrogen and oxygen atoms in total. The number of rotatable bonds is 7. The fourth-order valence-corrected chi connectivity index (χ4v) is 3.29. The molecular weight excluding hydrogens is 404 g/mol. The van der Waals surface area contributed by atoms with Gasteiger partial charge in [-0.25, -0.2) is 4.79 Å². The summed E-state index contributed by atoms with van der Waals surface area (Å²) in [5.41, 5.74) is 10.6. The Balaban J connectivity index is 1.66. The van der Waals surface area contributed by atoms with Gasteiger partial charge < -0.3 is 15.8 Å². The first-order valence-electron chi connectivity index (χ1n) is 9.03. The summed E-state index contributed by atoms with van der Waals surface area (Å²) in [6.07, 6.45) is -0.136. The first-order chi connectivity index (χ1) is 14.5. The van der Waals surface area contributed by atoms with Crippen LogP contribution in [0.15, 0.2) is 72.1 Å². The molecule has 0 aliphatic heterocycles. The molecule has 1 aromatic heterocycles. The molecule has 3 aromatic rings. The number of para-hydroxylation sites is 1. The molecule has 0 unspecified atom stereocenters. The Hall–Kier alpha value is -3.85. The summed E-state index contributed by atoms with van der Waals surface area (Å²) in [5, 5.41) is 4.30. The zero-order valence-corrected chi connectivity index (χ0v) is 16.6. The quantitative estimate of drug-likeness (QED) is 0.435. The van der Waals surface area contributed by atoms with Gasteiger partial charge in [0.25, 0.3) is 5.91 Å². The van der Waals surface area contributed by atoms with Crippen molar-refractivity contribution in [2.75, 3.05) is 0 Å². The van der Waals surface area contributed by atoms with Crippen molar-refractivity contribution in [2.45, 2.75) is 12.5 Å². The van der Waals surface area contributed by atoms with Gasteiger partial charge in [0.2, 0.25) is 5.91 Å². The van der Waals surface area contributed by atoms with Gasteiger partial charge in [-0.05, 0) is 41.3 Å². The van der Waals surface area contributed by atoms with E-state index in [2.05, 4.69) is 16.2 Å². The van der Waals surface area contributed by atoms with Crippen molar-refractivity contribution < 1.29 is 19.1 Å². The van der Waals surface area contributed by atoms with Gasteiger partial charge in [0, 0.05) is 0 Å². The minimum absolute atomic E-state index is 0.136. The van der Waals surface area contributed by atoms with Crippen molar-refractivity contribution in [2.24, 2.45) is 5.73 Å². The second-order valence-corrected chi connectivity index (χ2v) is 7.18. The van der Waals surface area contributed by atoms with E-state index >= 15 is 0 Å². The molecule has 154 valence electrons. The molecule has 0 saturated carbocycles. The zero-order chi connectivity index (χ0) is 21.3. The molecule has 0 bridgehead atoms. The second kappa shape index (κ2) is 10.1. The van der Waals surface area contributed by atoms with E-state index in [1.165, 1.54) is 11.3 Å². The number of carbonyl (C=O) groups excluding carboxylic acids is 3. The first kappa shape index (κ1) is 20.9. The highest BCUT2D eigenvalue weighted by Crippen LogP contribution is 2.25. The van der Waals surface area contributed by atoms with E-state index in [0.717, 1.165) is 0 Å². The third-order valence-electron chi connectivity index (χ3n) is 4.01. The molecule has 0 fully saturated rings. The van der Waals surface area contributed by atoms with Crippen LogP contribution in [0.25, 0.3) is 0 Å². The molecule has 9 heteroatoms. The lowest BCUT2D eigenvalue weighted by molar-refractivity contribution is -0.122. The van der Waals surface area contributed by atoms with E-state index in [-0.39, 0.29) is 6.42 Å². The van der Waals surface area contributed by atoms with Gasteiger partial charge in [-0.15, -0.1) is 11.3 Å². The Morgan fingerprint density at radius 3 is 2.40 bits per heavy atom. The lowest BCUT2D eigenvalue weighted by atomic mass is 10.0. The Morgan fingerprint density at radius 2 is 1.70 bits per heavy atom. The average molecular weight is 424 g/mol. The van der Waals surface area contributed by atoms with Crippen LogP contribution in [0, 0.1) is 0 Å². The number of nitrogens with one attached hydrogen (secondary N) is 3. The monoisotopic (exact) mass is 424 g/mol. The van der Waals surface area contributed by atoms with Crippen LogP contribution in [-0.4, -0.2) is 17.8 Å². The highest BCUT2D eigenvalue weighted by molar-refractivity contribution is 7.12. The highest BCUT2D eigenvalue weighted by atomic mass is 32.1. The average Bonchev–Trinajstić information content (AvgIpc) is 3.27. The molecule has 5 N–H and O–H groups in total. The van der Waals surface area contributed by atoms with E-state index in [4.69, 9.17) is 10.5 Å². The number of hydrogen-bond donors (Lipinski definition) is 4. The van der Waals surface area contributed by atoms with Gasteiger partial charge in [-0.3, -0.25) is 20.4 Å². The maximum Gasteiger partial charge on any atom is 0.312 e. The molecule has 4 amide bonds. The number of nitrogens with two attached hydrogens (primary N) is 1. The summed E-state index contributed by atoms with van der Waals surface area (Å²) >= 11 is 1.25. The number of hydrazine groups is 1. The van der Waals surface area contributed by atoms with E-state index in [1.54, 1.807) is 41.8 Å². The molecular formula is C21H20N4O4S. The fraction of sp³-hybridized carbons (Fsp3) is 0.0952. The van der Waals surface area contributed by atoms with E-state index in [1.807, 2.05) is 30.3 Å². The van der Waals surface area contributed by atoms with Gasteiger partial charge in [0.1, 0.15) is 11.5 Å². The summed E-state index contributed by atoms with van der Waals surface area (Å²) in [6.45, 7) is 0. The molecule has 3 rings (SSSR count). The molecule has 0 spiro atoms. The largest absolute Gasteiger partial charge is 0.457 e. The Morgan fingerprint density at radius 1 is 0.933 bits per heavy atom. The second-order valence-electron chi connectivity index (χ2n) is 6.23. The normalized spacial score (nSPS) is 11.2. The number of thiophene rings is 1. The summed E-state index contributed by atoms with van der Waals surface area (Å²) in [5.74, 6) is 0.286. The van der Waals surface area contributed by atoms with Crippen molar-refractivity contribution in [1.29, 1.82) is 0 Å². The molecule has 1 atom stereocenters. The van der Waals surface area contributed by atoms with Crippen LogP contribution in [0.1, 0.15) is 27.7 Å². The van der Waals surface area contributed by atoms with Crippen LogP contribution in [0.2, 0.25) is 0 Å². The molecule has 30 heavy (non-hydrogen) atoms. The molecule has 0 radical (unpaired) electrons. The predicted molar refractivity (Wildman–Crippen MR) is 113 cm³/mol. The minimum atomic E-state index is -0.773. The number of primary amides is 1. The topological polar surface area (TPSA) is 123 Å². The van der Waals surface area contributed by atoms with Crippen LogP contribution in [0.3, 0.4) is 0 Å². The Kier molecular flexibility index (Phi) is 7.01. The fourth-order valence-electron chi connectivity index (χ4n) is 2.68. The molecule has 1 heterocycles. The number of benzene rings is 2. The SMILES string of the molecule is NC(=O)N[C@@H](CC(=O)NNC(=O)c1cccs1)c1cccc(Oc2ccccc2)c1. The van der Waals surface area contributed by atoms with Gasteiger partial charge >= 0.3 is 6.03 Å². The lowest BCUT2D eigenvalue weighted by Gasteiger charge is -2.19. The smallest absolute Gasteiger partial charge is 0.312 e. The number of urea groups is 1.